The molecular formula is C12H12ClN3. The van der Waals surface area contributed by atoms with Gasteiger partial charge in [-0.15, -0.1) is 0 Å². The molecule has 0 aliphatic heterocycles. The first-order valence-corrected chi connectivity index (χ1v) is 5.39. The number of anilines is 1. The minimum absolute atomic E-state index is 0.481. The maximum absolute atomic E-state index is 5.92. The van der Waals surface area contributed by atoms with Gasteiger partial charge in [-0.3, -0.25) is 4.98 Å². The van der Waals surface area contributed by atoms with Gasteiger partial charge >= 0.3 is 0 Å². The number of pyridine rings is 2. The Labute approximate surface area is 99.5 Å². The highest BCUT2D eigenvalue weighted by atomic mass is 35.5. The van der Waals surface area contributed by atoms with Crippen LogP contribution in [0.15, 0.2) is 36.7 Å². The van der Waals surface area contributed by atoms with Crippen LogP contribution < -0.4 is 5.32 Å². The monoisotopic (exact) mass is 233 g/mol. The molecule has 0 spiro atoms. The third kappa shape index (κ3) is 2.70. The summed E-state index contributed by atoms with van der Waals surface area (Å²) >= 11 is 5.92. The molecule has 0 saturated carbocycles. The van der Waals surface area contributed by atoms with Gasteiger partial charge in [-0.05, 0) is 30.7 Å². The van der Waals surface area contributed by atoms with Crippen LogP contribution in [0.3, 0.4) is 0 Å². The molecule has 2 heterocycles. The Balaban J connectivity index is 2.02. The second-order valence-electron chi connectivity index (χ2n) is 3.52. The van der Waals surface area contributed by atoms with E-state index in [0.29, 0.717) is 11.7 Å². The molecule has 2 aromatic heterocycles. The Kier molecular flexibility index (Phi) is 3.37. The van der Waals surface area contributed by atoms with E-state index in [1.54, 1.807) is 6.20 Å². The zero-order valence-corrected chi connectivity index (χ0v) is 9.70. The number of nitrogens with zero attached hydrogens (tertiary/aromatic N) is 2. The van der Waals surface area contributed by atoms with E-state index in [4.69, 9.17) is 11.6 Å². The first-order valence-electron chi connectivity index (χ1n) is 5.01. The molecule has 0 atom stereocenters. The Hall–Kier alpha value is -1.61. The van der Waals surface area contributed by atoms with Crippen LogP contribution in [0.25, 0.3) is 0 Å². The maximum atomic E-state index is 5.92. The van der Waals surface area contributed by atoms with Crippen molar-refractivity contribution in [1.29, 1.82) is 0 Å². The number of hydrogen-bond donors (Lipinski definition) is 1. The Bertz CT molecular complexity index is 468. The molecule has 0 aliphatic carbocycles. The van der Waals surface area contributed by atoms with Crippen molar-refractivity contribution in [3.8, 4) is 0 Å². The van der Waals surface area contributed by atoms with Crippen molar-refractivity contribution >= 4 is 17.3 Å². The third-order valence-corrected chi connectivity index (χ3v) is 2.49. The molecule has 0 unspecified atom stereocenters. The molecular weight excluding hydrogens is 222 g/mol. The minimum atomic E-state index is 0.481. The summed E-state index contributed by atoms with van der Waals surface area (Å²) in [6.07, 6.45) is 3.51. The fraction of sp³-hybridized carbons (Fsp3) is 0.167. The zero-order chi connectivity index (χ0) is 11.4. The quantitative estimate of drug-likeness (QED) is 0.828. The van der Waals surface area contributed by atoms with Gasteiger partial charge in [0, 0.05) is 12.4 Å². The zero-order valence-electron chi connectivity index (χ0n) is 8.94. The summed E-state index contributed by atoms with van der Waals surface area (Å²) in [6.45, 7) is 2.66. The highest BCUT2D eigenvalue weighted by Crippen LogP contribution is 2.17. The number of halogens is 1. The Morgan fingerprint density at radius 1 is 1.25 bits per heavy atom. The lowest BCUT2D eigenvalue weighted by atomic mass is 10.3. The van der Waals surface area contributed by atoms with Crippen molar-refractivity contribution in [3.05, 3.63) is 53.1 Å². The van der Waals surface area contributed by atoms with Crippen LogP contribution in [-0.2, 0) is 6.54 Å². The van der Waals surface area contributed by atoms with Gasteiger partial charge < -0.3 is 5.32 Å². The third-order valence-electron chi connectivity index (χ3n) is 2.19. The van der Waals surface area contributed by atoms with Crippen molar-refractivity contribution in [2.45, 2.75) is 13.5 Å². The van der Waals surface area contributed by atoms with Crippen LogP contribution in [0.2, 0.25) is 5.15 Å². The number of nitrogens with one attached hydrogen (secondary N) is 1. The molecule has 16 heavy (non-hydrogen) atoms. The summed E-state index contributed by atoms with van der Waals surface area (Å²) in [6, 6.07) is 7.77. The number of rotatable bonds is 3. The molecule has 0 fully saturated rings. The fourth-order valence-electron chi connectivity index (χ4n) is 1.31. The largest absolute Gasteiger partial charge is 0.377 e. The van der Waals surface area contributed by atoms with E-state index in [2.05, 4.69) is 15.3 Å². The average Bonchev–Trinajstić information content (AvgIpc) is 2.30. The van der Waals surface area contributed by atoms with E-state index in [1.807, 2.05) is 37.4 Å². The van der Waals surface area contributed by atoms with Gasteiger partial charge in [0.15, 0.2) is 5.15 Å². The Morgan fingerprint density at radius 3 is 2.81 bits per heavy atom. The van der Waals surface area contributed by atoms with E-state index in [9.17, 15) is 0 Å². The van der Waals surface area contributed by atoms with Crippen LogP contribution in [0, 0.1) is 6.92 Å². The molecule has 4 heteroatoms. The normalized spacial score (nSPS) is 10.1. The first kappa shape index (κ1) is 10.9. The first-order chi connectivity index (χ1) is 7.75. The van der Waals surface area contributed by atoms with Gasteiger partial charge in [-0.1, -0.05) is 17.7 Å². The molecule has 0 radical (unpaired) electrons. The van der Waals surface area contributed by atoms with Crippen LogP contribution in [0.5, 0.6) is 0 Å². The smallest absolute Gasteiger partial charge is 0.152 e. The van der Waals surface area contributed by atoms with Crippen molar-refractivity contribution in [2.75, 3.05) is 5.32 Å². The fourth-order valence-corrected chi connectivity index (χ4v) is 1.49. The van der Waals surface area contributed by atoms with Crippen molar-refractivity contribution < 1.29 is 0 Å². The number of aromatic nitrogens is 2. The lowest BCUT2D eigenvalue weighted by Gasteiger charge is -2.06. The predicted molar refractivity (Wildman–Crippen MR) is 65.5 cm³/mol. The highest BCUT2D eigenvalue weighted by Gasteiger charge is 1.99. The van der Waals surface area contributed by atoms with Gasteiger partial charge in [0.2, 0.25) is 0 Å². The van der Waals surface area contributed by atoms with E-state index < -0.39 is 0 Å². The van der Waals surface area contributed by atoms with Crippen LogP contribution >= 0.6 is 11.6 Å². The van der Waals surface area contributed by atoms with Crippen LogP contribution in [0.4, 0.5) is 5.69 Å². The summed E-state index contributed by atoms with van der Waals surface area (Å²) in [5.41, 5.74) is 2.96. The molecule has 0 aromatic carbocycles. The van der Waals surface area contributed by atoms with E-state index in [0.717, 1.165) is 16.9 Å². The van der Waals surface area contributed by atoms with Gasteiger partial charge in [-0.25, -0.2) is 4.98 Å². The highest BCUT2D eigenvalue weighted by molar-refractivity contribution is 6.31. The maximum Gasteiger partial charge on any atom is 0.152 e. The minimum Gasteiger partial charge on any atom is -0.377 e. The number of aryl methyl sites for hydroxylation is 1. The molecule has 2 aromatic rings. The topological polar surface area (TPSA) is 37.8 Å². The second-order valence-corrected chi connectivity index (χ2v) is 3.88. The van der Waals surface area contributed by atoms with Crippen molar-refractivity contribution in [3.63, 3.8) is 0 Å². The van der Waals surface area contributed by atoms with E-state index in [1.165, 1.54) is 0 Å². The lowest BCUT2D eigenvalue weighted by Crippen LogP contribution is -2.02. The molecule has 82 valence electrons. The molecule has 0 aliphatic rings. The Morgan fingerprint density at radius 2 is 2.12 bits per heavy atom. The van der Waals surface area contributed by atoms with Gasteiger partial charge in [0.1, 0.15) is 0 Å². The van der Waals surface area contributed by atoms with Gasteiger partial charge in [0.05, 0.1) is 17.9 Å². The molecule has 0 bridgehead atoms. The second kappa shape index (κ2) is 4.94. The van der Waals surface area contributed by atoms with Crippen LogP contribution in [-0.4, -0.2) is 9.97 Å². The van der Waals surface area contributed by atoms with E-state index in [-0.39, 0.29) is 0 Å². The summed E-state index contributed by atoms with van der Waals surface area (Å²) < 4.78 is 0. The van der Waals surface area contributed by atoms with Crippen molar-refractivity contribution in [2.24, 2.45) is 0 Å². The molecule has 1 N–H and O–H groups in total. The molecule has 2 rings (SSSR count). The molecule has 0 saturated heterocycles. The molecule has 0 amide bonds. The summed E-state index contributed by atoms with van der Waals surface area (Å²) in [7, 11) is 0. The van der Waals surface area contributed by atoms with Gasteiger partial charge in [0.25, 0.3) is 0 Å². The standard InChI is InChI=1S/C12H12ClN3/c1-9-4-5-10(15-7-9)8-16-11-3-2-6-14-12(11)13/h2-7,16H,8H2,1H3. The SMILES string of the molecule is Cc1ccc(CNc2cccnc2Cl)nc1. The lowest BCUT2D eigenvalue weighted by molar-refractivity contribution is 1.03. The summed E-state index contributed by atoms with van der Waals surface area (Å²) in [5, 5.41) is 3.67. The number of hydrogen-bond acceptors (Lipinski definition) is 3. The predicted octanol–water partition coefficient (Wildman–Crippen LogP) is 3.05. The average molecular weight is 234 g/mol. The summed E-state index contributed by atoms with van der Waals surface area (Å²) in [4.78, 5) is 8.29. The van der Waals surface area contributed by atoms with Crippen LogP contribution in [0.1, 0.15) is 11.3 Å². The molecule has 3 nitrogen and oxygen atoms in total. The van der Waals surface area contributed by atoms with E-state index >= 15 is 0 Å². The van der Waals surface area contributed by atoms with Gasteiger partial charge in [-0.2, -0.15) is 0 Å². The summed E-state index contributed by atoms with van der Waals surface area (Å²) in [5.74, 6) is 0. The van der Waals surface area contributed by atoms with Crippen molar-refractivity contribution in [1.82, 2.24) is 9.97 Å².